The van der Waals surface area contributed by atoms with Crippen molar-refractivity contribution in [2.75, 3.05) is 0 Å². The lowest BCUT2D eigenvalue weighted by atomic mass is 9.86. The van der Waals surface area contributed by atoms with Crippen molar-refractivity contribution in [2.45, 2.75) is 32.2 Å². The summed E-state index contributed by atoms with van der Waals surface area (Å²) in [6.07, 6.45) is 3.89. The number of amides is 1. The maximum absolute atomic E-state index is 11.1. The molecule has 3 heteroatoms. The molecule has 1 aliphatic rings. The first-order chi connectivity index (χ1) is 7.70. The van der Waals surface area contributed by atoms with Crippen molar-refractivity contribution in [1.82, 2.24) is 5.32 Å². The summed E-state index contributed by atoms with van der Waals surface area (Å²) in [5, 5.41) is 2.95. The minimum Gasteiger partial charge on any atom is -0.350 e. The molecular weight excluding hydrogens is 202 g/mol. The van der Waals surface area contributed by atoms with Gasteiger partial charge in [-0.1, -0.05) is 12.1 Å². The van der Waals surface area contributed by atoms with E-state index in [1.54, 1.807) is 0 Å². The molecule has 84 valence electrons. The lowest BCUT2D eigenvalue weighted by Crippen LogP contribution is -2.28. The molecule has 1 aliphatic carbocycles. The van der Waals surface area contributed by atoms with Crippen molar-refractivity contribution in [3.8, 4) is 0 Å². The van der Waals surface area contributed by atoms with Gasteiger partial charge in [0, 0.05) is 12.5 Å². The van der Waals surface area contributed by atoms with E-state index in [1.807, 2.05) is 18.2 Å². The van der Waals surface area contributed by atoms with E-state index in [-0.39, 0.29) is 11.9 Å². The molecule has 0 heterocycles. The Kier molecular flexibility index (Phi) is 3.04. The Hall–Kier alpha value is -1.64. The Balaban J connectivity index is 2.31. The molecule has 1 aromatic carbocycles. The SMILES string of the molecule is CC(=O)N[C@@H]1CCCc2cc(C=O)ccc21. The minimum absolute atomic E-state index is 0.00249. The summed E-state index contributed by atoms with van der Waals surface area (Å²) in [6, 6.07) is 5.81. The summed E-state index contributed by atoms with van der Waals surface area (Å²) in [5.41, 5.74) is 3.06. The van der Waals surface area contributed by atoms with Crippen LogP contribution in [0.25, 0.3) is 0 Å². The molecule has 0 radical (unpaired) electrons. The fourth-order valence-electron chi connectivity index (χ4n) is 2.30. The monoisotopic (exact) mass is 217 g/mol. The number of nitrogens with one attached hydrogen (secondary N) is 1. The Labute approximate surface area is 94.9 Å². The molecule has 1 amide bonds. The lowest BCUT2D eigenvalue weighted by molar-refractivity contribution is -0.119. The van der Waals surface area contributed by atoms with Crippen molar-refractivity contribution in [2.24, 2.45) is 0 Å². The fourth-order valence-corrected chi connectivity index (χ4v) is 2.30. The molecule has 1 atom stereocenters. The number of carbonyl (C=O) groups is 2. The van der Waals surface area contributed by atoms with E-state index in [1.165, 1.54) is 12.5 Å². The molecule has 0 fully saturated rings. The summed E-state index contributed by atoms with van der Waals surface area (Å²) in [5.74, 6) is -0.00249. The van der Waals surface area contributed by atoms with Crippen molar-refractivity contribution >= 4 is 12.2 Å². The second kappa shape index (κ2) is 4.47. The van der Waals surface area contributed by atoms with Crippen LogP contribution in [0, 0.1) is 0 Å². The van der Waals surface area contributed by atoms with Crippen molar-refractivity contribution in [3.05, 3.63) is 34.9 Å². The van der Waals surface area contributed by atoms with Crippen LogP contribution >= 0.6 is 0 Å². The highest BCUT2D eigenvalue weighted by Gasteiger charge is 2.20. The molecule has 2 rings (SSSR count). The summed E-state index contributed by atoms with van der Waals surface area (Å²) in [6.45, 7) is 1.54. The lowest BCUT2D eigenvalue weighted by Gasteiger charge is -2.26. The Bertz CT molecular complexity index is 426. The Morgan fingerprint density at radius 2 is 2.31 bits per heavy atom. The van der Waals surface area contributed by atoms with Crippen LogP contribution in [0.1, 0.15) is 47.3 Å². The smallest absolute Gasteiger partial charge is 0.217 e. The van der Waals surface area contributed by atoms with Crippen LogP contribution in [-0.2, 0) is 11.2 Å². The zero-order valence-corrected chi connectivity index (χ0v) is 9.32. The highest BCUT2D eigenvalue weighted by Crippen LogP contribution is 2.30. The highest BCUT2D eigenvalue weighted by molar-refractivity contribution is 5.76. The third kappa shape index (κ3) is 2.13. The molecule has 0 aliphatic heterocycles. The van der Waals surface area contributed by atoms with E-state index in [2.05, 4.69) is 5.32 Å². The van der Waals surface area contributed by atoms with Gasteiger partial charge in [0.15, 0.2) is 0 Å². The molecular formula is C13H15NO2. The molecule has 0 unspecified atom stereocenters. The van der Waals surface area contributed by atoms with Crippen LogP contribution in [0.15, 0.2) is 18.2 Å². The van der Waals surface area contributed by atoms with Crippen LogP contribution in [-0.4, -0.2) is 12.2 Å². The topological polar surface area (TPSA) is 46.2 Å². The zero-order chi connectivity index (χ0) is 11.5. The van der Waals surface area contributed by atoms with Gasteiger partial charge in [0.05, 0.1) is 6.04 Å². The van der Waals surface area contributed by atoms with E-state index >= 15 is 0 Å². The Morgan fingerprint density at radius 3 is 3.00 bits per heavy atom. The van der Waals surface area contributed by atoms with Crippen LogP contribution in [0.3, 0.4) is 0 Å². The van der Waals surface area contributed by atoms with Gasteiger partial charge < -0.3 is 5.32 Å². The maximum Gasteiger partial charge on any atom is 0.217 e. The number of benzene rings is 1. The molecule has 0 aromatic heterocycles. The van der Waals surface area contributed by atoms with Crippen molar-refractivity contribution in [1.29, 1.82) is 0 Å². The average Bonchev–Trinajstić information content (AvgIpc) is 2.28. The normalized spacial score (nSPS) is 18.7. The van der Waals surface area contributed by atoms with E-state index in [0.29, 0.717) is 5.56 Å². The molecule has 16 heavy (non-hydrogen) atoms. The van der Waals surface area contributed by atoms with Gasteiger partial charge in [0.25, 0.3) is 0 Å². The molecule has 0 saturated heterocycles. The van der Waals surface area contributed by atoms with Gasteiger partial charge in [-0.3, -0.25) is 9.59 Å². The first kappa shape index (κ1) is 10.9. The van der Waals surface area contributed by atoms with Gasteiger partial charge in [-0.15, -0.1) is 0 Å². The quantitative estimate of drug-likeness (QED) is 0.770. The molecule has 1 N–H and O–H groups in total. The molecule has 3 nitrogen and oxygen atoms in total. The van der Waals surface area contributed by atoms with Gasteiger partial charge in [0.1, 0.15) is 6.29 Å². The Morgan fingerprint density at radius 1 is 1.50 bits per heavy atom. The number of carbonyl (C=O) groups excluding carboxylic acids is 2. The molecule has 1 aromatic rings. The van der Waals surface area contributed by atoms with Crippen LogP contribution in [0.5, 0.6) is 0 Å². The van der Waals surface area contributed by atoms with E-state index in [9.17, 15) is 9.59 Å². The number of rotatable bonds is 2. The first-order valence-electron chi connectivity index (χ1n) is 5.56. The van der Waals surface area contributed by atoms with Crippen LogP contribution < -0.4 is 5.32 Å². The largest absolute Gasteiger partial charge is 0.350 e. The third-order valence-electron chi connectivity index (χ3n) is 2.99. The molecule has 0 bridgehead atoms. The van der Waals surface area contributed by atoms with Gasteiger partial charge in [0.2, 0.25) is 5.91 Å². The van der Waals surface area contributed by atoms with Crippen LogP contribution in [0.4, 0.5) is 0 Å². The summed E-state index contributed by atoms with van der Waals surface area (Å²) in [4.78, 5) is 21.8. The van der Waals surface area contributed by atoms with Gasteiger partial charge in [-0.25, -0.2) is 0 Å². The number of hydrogen-bond acceptors (Lipinski definition) is 2. The zero-order valence-electron chi connectivity index (χ0n) is 9.32. The molecule has 0 spiro atoms. The van der Waals surface area contributed by atoms with Gasteiger partial charge in [-0.2, -0.15) is 0 Å². The molecule has 0 saturated carbocycles. The maximum atomic E-state index is 11.1. The average molecular weight is 217 g/mol. The number of aryl methyl sites for hydroxylation is 1. The van der Waals surface area contributed by atoms with E-state index < -0.39 is 0 Å². The predicted octanol–water partition coefficient (Wildman–Crippen LogP) is 2.01. The van der Waals surface area contributed by atoms with E-state index in [0.717, 1.165) is 31.1 Å². The summed E-state index contributed by atoms with van der Waals surface area (Å²) >= 11 is 0. The minimum atomic E-state index is -0.00249. The van der Waals surface area contributed by atoms with Gasteiger partial charge in [-0.05, 0) is 36.5 Å². The third-order valence-corrected chi connectivity index (χ3v) is 2.99. The number of hydrogen-bond donors (Lipinski definition) is 1. The summed E-state index contributed by atoms with van der Waals surface area (Å²) in [7, 11) is 0. The highest BCUT2D eigenvalue weighted by atomic mass is 16.1. The predicted molar refractivity (Wildman–Crippen MR) is 61.3 cm³/mol. The second-order valence-electron chi connectivity index (χ2n) is 4.22. The number of fused-ring (bicyclic) bond motifs is 1. The van der Waals surface area contributed by atoms with Crippen molar-refractivity contribution < 1.29 is 9.59 Å². The van der Waals surface area contributed by atoms with Gasteiger partial charge >= 0.3 is 0 Å². The fraction of sp³-hybridized carbons (Fsp3) is 0.385. The van der Waals surface area contributed by atoms with Crippen LogP contribution in [0.2, 0.25) is 0 Å². The number of aldehydes is 1. The first-order valence-corrected chi connectivity index (χ1v) is 5.56. The van der Waals surface area contributed by atoms with E-state index in [4.69, 9.17) is 0 Å². The summed E-state index contributed by atoms with van der Waals surface area (Å²) < 4.78 is 0. The van der Waals surface area contributed by atoms with Crippen molar-refractivity contribution in [3.63, 3.8) is 0 Å². The second-order valence-corrected chi connectivity index (χ2v) is 4.22. The standard InChI is InChI=1S/C13H15NO2/c1-9(16)14-13-4-2-3-11-7-10(8-15)5-6-12(11)13/h5-8,13H,2-4H2,1H3,(H,14,16)/t13-/m1/s1.